The van der Waals surface area contributed by atoms with Gasteiger partial charge in [-0.25, -0.2) is 4.79 Å². The van der Waals surface area contributed by atoms with Gasteiger partial charge in [-0.05, 0) is 47.5 Å². The van der Waals surface area contributed by atoms with Crippen LogP contribution in [0.4, 0.5) is 0 Å². The van der Waals surface area contributed by atoms with Crippen molar-refractivity contribution in [3.63, 3.8) is 0 Å². The number of ether oxygens (including phenoxy) is 3. The average molecular weight is 372 g/mol. The van der Waals surface area contributed by atoms with Crippen LogP contribution in [-0.4, -0.2) is 12.8 Å². The molecule has 3 rings (SSSR count). The van der Waals surface area contributed by atoms with Crippen molar-refractivity contribution < 1.29 is 19.0 Å². The van der Waals surface area contributed by atoms with Crippen LogP contribution in [0.5, 0.6) is 11.5 Å². The summed E-state index contributed by atoms with van der Waals surface area (Å²) >= 11 is 0. The molecule has 0 aliphatic rings. The largest absolute Gasteiger partial charge is 0.465 e. The van der Waals surface area contributed by atoms with Gasteiger partial charge in [-0.15, -0.1) is 0 Å². The van der Waals surface area contributed by atoms with E-state index < -0.39 is 5.97 Å². The van der Waals surface area contributed by atoms with Crippen LogP contribution in [0.25, 0.3) is 12.2 Å². The molecule has 0 aliphatic heterocycles. The molecule has 0 saturated heterocycles. The smallest absolute Gasteiger partial charge is 0.336 e. The molecule has 0 amide bonds. The maximum atomic E-state index is 11.8. The summed E-state index contributed by atoms with van der Waals surface area (Å²) in [6, 6.07) is 26.1. The Morgan fingerprint density at radius 3 is 1.93 bits per heavy atom. The van der Waals surface area contributed by atoms with Crippen molar-refractivity contribution in [1.29, 1.82) is 0 Å². The van der Waals surface area contributed by atoms with Crippen molar-refractivity contribution >= 4 is 18.1 Å². The number of benzene rings is 3. The first-order valence-electron chi connectivity index (χ1n) is 8.80. The number of rotatable bonds is 8. The minimum absolute atomic E-state index is 0.144. The van der Waals surface area contributed by atoms with E-state index in [4.69, 9.17) is 14.2 Å². The molecule has 0 unspecified atom stereocenters. The van der Waals surface area contributed by atoms with Gasteiger partial charge in [0, 0.05) is 6.08 Å². The molecular weight excluding hydrogens is 352 g/mol. The van der Waals surface area contributed by atoms with Gasteiger partial charge in [0.05, 0.1) is 6.26 Å². The van der Waals surface area contributed by atoms with E-state index in [1.54, 1.807) is 24.5 Å². The Morgan fingerprint density at radius 1 is 0.714 bits per heavy atom. The van der Waals surface area contributed by atoms with E-state index in [1.165, 1.54) is 6.08 Å². The van der Waals surface area contributed by atoms with E-state index in [9.17, 15) is 4.79 Å². The Labute approximate surface area is 164 Å². The van der Waals surface area contributed by atoms with Crippen LogP contribution < -0.4 is 9.47 Å². The van der Waals surface area contributed by atoms with Crippen molar-refractivity contribution in [1.82, 2.24) is 0 Å². The summed E-state index contributed by atoms with van der Waals surface area (Å²) in [6.07, 6.45) is 6.54. The number of hydrogen-bond acceptors (Lipinski definition) is 4. The van der Waals surface area contributed by atoms with Crippen LogP contribution in [0.1, 0.15) is 11.1 Å². The number of para-hydroxylation sites is 2. The lowest BCUT2D eigenvalue weighted by Gasteiger charge is -2.04. The quantitative estimate of drug-likeness (QED) is 0.134. The molecule has 0 saturated carbocycles. The average Bonchev–Trinajstić information content (AvgIpc) is 2.74. The van der Waals surface area contributed by atoms with Gasteiger partial charge in [-0.2, -0.15) is 0 Å². The number of hydrogen-bond donors (Lipinski definition) is 0. The lowest BCUT2D eigenvalue weighted by Crippen LogP contribution is -2.03. The fourth-order valence-corrected chi connectivity index (χ4v) is 2.31. The predicted molar refractivity (Wildman–Crippen MR) is 110 cm³/mol. The third-order valence-electron chi connectivity index (χ3n) is 3.70. The monoisotopic (exact) mass is 372 g/mol. The van der Waals surface area contributed by atoms with Gasteiger partial charge < -0.3 is 14.2 Å². The van der Waals surface area contributed by atoms with Crippen LogP contribution in [0.3, 0.4) is 0 Å². The standard InChI is InChI=1S/C24H20O4/c25-24(28-23-9-5-2-6-10-23)16-15-20-11-13-21(14-12-20)17-18-26-19-27-22-7-3-1-4-8-22/h1-18H,19H2. The molecule has 0 aliphatic carbocycles. The number of carbonyl (C=O) groups is 1. The molecule has 140 valence electrons. The Hall–Kier alpha value is -3.79. The molecule has 0 fully saturated rings. The fourth-order valence-electron chi connectivity index (χ4n) is 2.31. The molecule has 0 atom stereocenters. The zero-order valence-corrected chi connectivity index (χ0v) is 15.2. The van der Waals surface area contributed by atoms with Crippen molar-refractivity contribution in [2.24, 2.45) is 0 Å². The first kappa shape index (κ1) is 19.0. The van der Waals surface area contributed by atoms with Crippen molar-refractivity contribution in [2.75, 3.05) is 6.79 Å². The van der Waals surface area contributed by atoms with Crippen molar-refractivity contribution in [3.05, 3.63) is 108 Å². The number of carbonyl (C=O) groups excluding carboxylic acids is 1. The van der Waals surface area contributed by atoms with Crippen molar-refractivity contribution in [2.45, 2.75) is 0 Å². The maximum Gasteiger partial charge on any atom is 0.336 e. The van der Waals surface area contributed by atoms with Crippen LogP contribution in [0.15, 0.2) is 97.3 Å². The molecule has 0 bridgehead atoms. The molecule has 4 nitrogen and oxygen atoms in total. The van der Waals surface area contributed by atoms with Crippen molar-refractivity contribution in [3.8, 4) is 11.5 Å². The summed E-state index contributed by atoms with van der Waals surface area (Å²) in [7, 11) is 0. The molecular formula is C24H20O4. The summed E-state index contributed by atoms with van der Waals surface area (Å²) in [5.74, 6) is 0.869. The molecule has 3 aromatic rings. The van der Waals surface area contributed by atoms with Gasteiger partial charge in [0.2, 0.25) is 6.79 Å². The Balaban J connectivity index is 1.43. The second kappa shape index (κ2) is 10.4. The highest BCUT2D eigenvalue weighted by Crippen LogP contribution is 2.11. The molecule has 4 heteroatoms. The maximum absolute atomic E-state index is 11.8. The second-order valence-corrected chi connectivity index (χ2v) is 5.78. The minimum Gasteiger partial charge on any atom is -0.465 e. The fraction of sp³-hybridized carbons (Fsp3) is 0.0417. The summed E-state index contributed by atoms with van der Waals surface area (Å²) in [5, 5.41) is 0. The van der Waals surface area contributed by atoms with Gasteiger partial charge in [-0.1, -0.05) is 60.7 Å². The Bertz CT molecular complexity index is 914. The Kier molecular flexibility index (Phi) is 7.04. The first-order chi connectivity index (χ1) is 13.8. The van der Waals surface area contributed by atoms with E-state index in [0.717, 1.165) is 16.9 Å². The zero-order valence-electron chi connectivity index (χ0n) is 15.2. The SMILES string of the molecule is O=C(C=Cc1ccc(C=COCOc2ccccc2)cc1)Oc1ccccc1. The predicted octanol–water partition coefficient (Wildman–Crippen LogP) is 5.33. The van der Waals surface area contributed by atoms with E-state index in [1.807, 2.05) is 78.9 Å². The summed E-state index contributed by atoms with van der Waals surface area (Å²) in [5.41, 5.74) is 1.87. The van der Waals surface area contributed by atoms with Gasteiger partial charge in [0.1, 0.15) is 11.5 Å². The number of esters is 1. The van der Waals surface area contributed by atoms with Gasteiger partial charge >= 0.3 is 5.97 Å². The lowest BCUT2D eigenvalue weighted by atomic mass is 10.1. The van der Waals surface area contributed by atoms with Gasteiger partial charge in [-0.3, -0.25) is 0 Å². The normalized spacial score (nSPS) is 10.9. The van der Waals surface area contributed by atoms with Crippen LogP contribution in [0.2, 0.25) is 0 Å². The zero-order chi connectivity index (χ0) is 19.4. The van der Waals surface area contributed by atoms with Crippen LogP contribution in [0, 0.1) is 0 Å². The summed E-state index contributed by atoms with van der Waals surface area (Å²) in [4.78, 5) is 11.8. The van der Waals surface area contributed by atoms with Gasteiger partial charge in [0.25, 0.3) is 0 Å². The third kappa shape index (κ3) is 6.50. The van der Waals surface area contributed by atoms with E-state index in [0.29, 0.717) is 5.75 Å². The lowest BCUT2D eigenvalue weighted by molar-refractivity contribution is -0.128. The first-order valence-corrected chi connectivity index (χ1v) is 8.80. The molecule has 3 aromatic carbocycles. The topological polar surface area (TPSA) is 44.8 Å². The highest BCUT2D eigenvalue weighted by molar-refractivity contribution is 5.88. The second-order valence-electron chi connectivity index (χ2n) is 5.78. The van der Waals surface area contributed by atoms with E-state index in [2.05, 4.69) is 0 Å². The van der Waals surface area contributed by atoms with E-state index >= 15 is 0 Å². The Morgan fingerprint density at radius 2 is 1.29 bits per heavy atom. The van der Waals surface area contributed by atoms with Crippen LogP contribution in [-0.2, 0) is 9.53 Å². The highest BCUT2D eigenvalue weighted by Gasteiger charge is 1.99. The van der Waals surface area contributed by atoms with Crippen LogP contribution >= 0.6 is 0 Å². The molecule has 0 radical (unpaired) electrons. The molecule has 0 aromatic heterocycles. The summed E-state index contributed by atoms with van der Waals surface area (Å²) in [6.45, 7) is 0.144. The minimum atomic E-state index is -0.415. The highest BCUT2D eigenvalue weighted by atomic mass is 16.7. The molecule has 0 spiro atoms. The third-order valence-corrected chi connectivity index (χ3v) is 3.70. The van der Waals surface area contributed by atoms with E-state index in [-0.39, 0.29) is 6.79 Å². The summed E-state index contributed by atoms with van der Waals surface area (Å²) < 4.78 is 16.0. The molecule has 0 N–H and O–H groups in total. The van der Waals surface area contributed by atoms with Gasteiger partial charge in [0.15, 0.2) is 0 Å². The molecule has 28 heavy (non-hydrogen) atoms. The molecule has 0 heterocycles.